The quantitative estimate of drug-likeness (QED) is 0.346. The fourth-order valence-electron chi connectivity index (χ4n) is 3.75. The lowest BCUT2D eigenvalue weighted by Crippen LogP contribution is -2.29. The molecule has 168 valence electrons. The van der Waals surface area contributed by atoms with Crippen molar-refractivity contribution in [3.8, 4) is 5.75 Å². The zero-order chi connectivity index (χ0) is 23.8. The zero-order valence-electron chi connectivity index (χ0n) is 17.0. The molecule has 1 fully saturated rings. The zero-order valence-corrected chi connectivity index (χ0v) is 17.0. The summed E-state index contributed by atoms with van der Waals surface area (Å²) in [7, 11) is 0. The highest BCUT2D eigenvalue weighted by Crippen LogP contribution is 2.41. The molecule has 6 nitrogen and oxygen atoms in total. The third kappa shape index (κ3) is 4.30. The van der Waals surface area contributed by atoms with Crippen molar-refractivity contribution in [2.45, 2.75) is 18.8 Å². The first kappa shape index (κ1) is 22.1. The minimum atomic E-state index is -4.57. The molecule has 1 amide bonds. The Hall–Kier alpha value is -4.14. The van der Waals surface area contributed by atoms with Crippen LogP contribution in [0.4, 0.5) is 13.2 Å². The first-order chi connectivity index (χ1) is 15.7. The fraction of sp³-hybridized carbons (Fsp3) is 0.125. The Morgan fingerprint density at radius 2 is 1.67 bits per heavy atom. The van der Waals surface area contributed by atoms with Crippen molar-refractivity contribution >= 4 is 17.4 Å². The first-order valence-electron chi connectivity index (χ1n) is 9.80. The molecule has 1 aliphatic rings. The van der Waals surface area contributed by atoms with Gasteiger partial charge in [0.1, 0.15) is 11.5 Å². The second-order valence-corrected chi connectivity index (χ2v) is 7.45. The topological polar surface area (TPSA) is 90.7 Å². The number of benzene rings is 2. The molecule has 9 heteroatoms. The van der Waals surface area contributed by atoms with E-state index >= 15 is 0 Å². The number of pyridine rings is 1. The highest BCUT2D eigenvalue weighted by molar-refractivity contribution is 6.46. The van der Waals surface area contributed by atoms with E-state index in [0.717, 1.165) is 17.0 Å². The van der Waals surface area contributed by atoms with Crippen LogP contribution in [0.25, 0.3) is 5.76 Å². The molecule has 0 saturated carbocycles. The van der Waals surface area contributed by atoms with Gasteiger partial charge in [-0.15, -0.1) is 0 Å². The Bertz CT molecular complexity index is 1240. The molecule has 33 heavy (non-hydrogen) atoms. The largest absolute Gasteiger partial charge is 0.508 e. The van der Waals surface area contributed by atoms with Gasteiger partial charge >= 0.3 is 6.18 Å². The number of rotatable bonds is 4. The molecule has 1 aliphatic heterocycles. The summed E-state index contributed by atoms with van der Waals surface area (Å²) in [5.41, 5.74) is -0.266. The first-order valence-corrected chi connectivity index (χ1v) is 9.80. The minimum absolute atomic E-state index is 0.0530. The van der Waals surface area contributed by atoms with Gasteiger partial charge in [-0.05, 0) is 47.5 Å². The second kappa shape index (κ2) is 8.42. The number of carbonyl (C=O) groups is 2. The Balaban J connectivity index is 1.83. The number of amides is 1. The van der Waals surface area contributed by atoms with Crippen molar-refractivity contribution in [2.24, 2.45) is 0 Å². The van der Waals surface area contributed by atoms with Gasteiger partial charge in [0.25, 0.3) is 11.7 Å². The van der Waals surface area contributed by atoms with Gasteiger partial charge in [0.05, 0.1) is 17.2 Å². The van der Waals surface area contributed by atoms with Crippen LogP contribution in [0.3, 0.4) is 0 Å². The van der Waals surface area contributed by atoms with Gasteiger partial charge < -0.3 is 15.1 Å². The number of phenols is 1. The van der Waals surface area contributed by atoms with Crippen LogP contribution < -0.4 is 0 Å². The second-order valence-electron chi connectivity index (χ2n) is 7.45. The molecular formula is C24H17F3N2O4. The molecule has 0 radical (unpaired) electrons. The number of likely N-dealkylation sites (tertiary alicyclic amines) is 1. The lowest BCUT2D eigenvalue weighted by atomic mass is 9.95. The summed E-state index contributed by atoms with van der Waals surface area (Å²) in [6.45, 7) is -0.298. The third-order valence-electron chi connectivity index (χ3n) is 5.31. The number of ketones is 1. The molecule has 0 bridgehead atoms. The highest BCUT2D eigenvalue weighted by atomic mass is 19.4. The number of phenolic OH excluding ortho intramolecular Hbond substituents is 1. The SMILES string of the molecule is O=C1C(=O)N(Cc2cccc(C(F)(F)F)c2)C(c2ccc(O)cc2)/C1=C(\O)c1ccncc1. The molecule has 1 saturated heterocycles. The molecule has 2 heterocycles. The predicted octanol–water partition coefficient (Wildman–Crippen LogP) is 4.43. The van der Waals surface area contributed by atoms with Gasteiger partial charge in [-0.2, -0.15) is 13.2 Å². The van der Waals surface area contributed by atoms with Crippen molar-refractivity contribution in [1.82, 2.24) is 9.88 Å². The van der Waals surface area contributed by atoms with E-state index < -0.39 is 35.2 Å². The molecule has 2 N–H and O–H groups in total. The van der Waals surface area contributed by atoms with Crippen LogP contribution in [0, 0.1) is 0 Å². The van der Waals surface area contributed by atoms with E-state index in [9.17, 15) is 33.0 Å². The molecule has 0 spiro atoms. The van der Waals surface area contributed by atoms with Gasteiger partial charge in [-0.1, -0.05) is 24.3 Å². The third-order valence-corrected chi connectivity index (χ3v) is 5.31. The maximum Gasteiger partial charge on any atom is 0.416 e. The molecule has 1 atom stereocenters. The number of Topliss-reactive ketones (excluding diaryl/α,β-unsaturated/α-hetero) is 1. The molecule has 3 aromatic rings. The predicted molar refractivity (Wildman–Crippen MR) is 112 cm³/mol. The number of hydrogen-bond acceptors (Lipinski definition) is 5. The number of aromatic hydroxyl groups is 1. The van der Waals surface area contributed by atoms with Gasteiger partial charge in [0.2, 0.25) is 0 Å². The summed E-state index contributed by atoms with van der Waals surface area (Å²) in [5.74, 6) is -2.40. The van der Waals surface area contributed by atoms with Gasteiger partial charge in [-0.25, -0.2) is 0 Å². The number of aromatic nitrogens is 1. The normalized spacial score (nSPS) is 18.0. The van der Waals surface area contributed by atoms with Crippen molar-refractivity contribution in [2.75, 3.05) is 0 Å². The summed E-state index contributed by atoms with van der Waals surface area (Å²) in [5, 5.41) is 20.5. The standard InChI is InChI=1S/C24H17F3N2O4/c25-24(26,27)17-3-1-2-14(12-17)13-29-20(15-4-6-18(30)7-5-15)19(22(32)23(29)33)21(31)16-8-10-28-11-9-16/h1-12,20,30-31H,13H2/b21-19+. The highest BCUT2D eigenvalue weighted by Gasteiger charge is 2.46. The van der Waals surface area contributed by atoms with Crippen molar-refractivity contribution in [1.29, 1.82) is 0 Å². The summed E-state index contributed by atoms with van der Waals surface area (Å²) in [6.07, 6.45) is -1.76. The summed E-state index contributed by atoms with van der Waals surface area (Å²) >= 11 is 0. The van der Waals surface area contributed by atoms with E-state index in [2.05, 4.69) is 4.98 Å². The van der Waals surface area contributed by atoms with Crippen LogP contribution in [0.2, 0.25) is 0 Å². The van der Waals surface area contributed by atoms with Crippen molar-refractivity contribution in [3.05, 3.63) is 101 Å². The van der Waals surface area contributed by atoms with E-state index in [4.69, 9.17) is 0 Å². The van der Waals surface area contributed by atoms with Crippen LogP contribution in [-0.2, 0) is 22.3 Å². The monoisotopic (exact) mass is 454 g/mol. The molecule has 0 aliphatic carbocycles. The lowest BCUT2D eigenvalue weighted by Gasteiger charge is -2.25. The van der Waals surface area contributed by atoms with Gasteiger partial charge in [-0.3, -0.25) is 14.6 Å². The van der Waals surface area contributed by atoms with Gasteiger partial charge in [0.15, 0.2) is 0 Å². The lowest BCUT2D eigenvalue weighted by molar-refractivity contribution is -0.140. The van der Waals surface area contributed by atoms with E-state index in [1.165, 1.54) is 60.9 Å². The van der Waals surface area contributed by atoms with E-state index in [0.29, 0.717) is 5.56 Å². The maximum absolute atomic E-state index is 13.2. The van der Waals surface area contributed by atoms with E-state index in [1.54, 1.807) is 0 Å². The number of aliphatic hydroxyl groups excluding tert-OH is 1. The van der Waals surface area contributed by atoms with E-state index in [-0.39, 0.29) is 29.0 Å². The Morgan fingerprint density at radius 1 is 1.00 bits per heavy atom. The number of nitrogens with zero attached hydrogens (tertiary/aromatic N) is 2. The van der Waals surface area contributed by atoms with Crippen LogP contribution in [0.15, 0.2) is 78.6 Å². The van der Waals surface area contributed by atoms with Gasteiger partial charge in [0, 0.05) is 24.5 Å². The van der Waals surface area contributed by atoms with Crippen molar-refractivity contribution < 1.29 is 33.0 Å². The average molecular weight is 454 g/mol. The number of alkyl halides is 3. The molecule has 2 aromatic carbocycles. The molecule has 1 aromatic heterocycles. The number of aliphatic hydroxyl groups is 1. The Kier molecular flexibility index (Phi) is 5.63. The number of carbonyl (C=O) groups excluding carboxylic acids is 2. The van der Waals surface area contributed by atoms with Crippen LogP contribution in [-0.4, -0.2) is 31.8 Å². The average Bonchev–Trinajstić information content (AvgIpc) is 3.04. The van der Waals surface area contributed by atoms with Crippen LogP contribution >= 0.6 is 0 Å². The fourth-order valence-corrected chi connectivity index (χ4v) is 3.75. The Labute approximate surface area is 186 Å². The number of halogens is 3. The maximum atomic E-state index is 13.2. The van der Waals surface area contributed by atoms with E-state index in [1.807, 2.05) is 0 Å². The summed E-state index contributed by atoms with van der Waals surface area (Å²) in [4.78, 5) is 30.8. The molecule has 4 rings (SSSR count). The van der Waals surface area contributed by atoms with Crippen LogP contribution in [0.5, 0.6) is 5.75 Å². The molecule has 1 unspecified atom stereocenters. The molecular weight excluding hydrogens is 437 g/mol. The smallest absolute Gasteiger partial charge is 0.416 e. The Morgan fingerprint density at radius 3 is 2.30 bits per heavy atom. The van der Waals surface area contributed by atoms with Crippen LogP contribution in [0.1, 0.15) is 28.3 Å². The minimum Gasteiger partial charge on any atom is -0.508 e. The number of hydrogen-bond donors (Lipinski definition) is 2. The van der Waals surface area contributed by atoms with Crippen molar-refractivity contribution in [3.63, 3.8) is 0 Å². The summed E-state index contributed by atoms with van der Waals surface area (Å²) in [6, 6.07) is 12.0. The summed E-state index contributed by atoms with van der Waals surface area (Å²) < 4.78 is 39.5.